The van der Waals surface area contributed by atoms with Gasteiger partial charge in [-0.3, -0.25) is 0 Å². The molecule has 22 heavy (non-hydrogen) atoms. The maximum Gasteiger partial charge on any atom is 0.416 e. The summed E-state index contributed by atoms with van der Waals surface area (Å²) >= 11 is 0. The zero-order chi connectivity index (χ0) is 15.9. The summed E-state index contributed by atoms with van der Waals surface area (Å²) in [4.78, 5) is 4.22. The molecule has 2 heterocycles. The number of fused-ring (bicyclic) bond motifs is 1. The van der Waals surface area contributed by atoms with Crippen LogP contribution in [0.4, 0.5) is 13.2 Å². The molecular weight excluding hydrogens is 293 g/mol. The third kappa shape index (κ3) is 2.29. The molecule has 0 atom stereocenters. The van der Waals surface area contributed by atoms with Gasteiger partial charge in [0, 0.05) is 11.3 Å². The average molecular weight is 302 g/mol. The van der Waals surface area contributed by atoms with Crippen LogP contribution in [0.2, 0.25) is 0 Å². The largest absolute Gasteiger partial charge is 0.416 e. The van der Waals surface area contributed by atoms with Crippen LogP contribution in [0.25, 0.3) is 16.9 Å². The van der Waals surface area contributed by atoms with Crippen molar-refractivity contribution in [1.82, 2.24) is 14.6 Å². The summed E-state index contributed by atoms with van der Waals surface area (Å²) in [5, 5.41) is 13.1. The topological polar surface area (TPSA) is 54.0 Å². The number of rotatable bonds is 1. The molecule has 0 aliphatic rings. The minimum atomic E-state index is -4.42. The lowest BCUT2D eigenvalue weighted by Gasteiger charge is -2.10. The fourth-order valence-electron chi connectivity index (χ4n) is 2.22. The Hall–Kier alpha value is -2.88. The summed E-state index contributed by atoms with van der Waals surface area (Å²) < 4.78 is 39.9. The van der Waals surface area contributed by atoms with Crippen LogP contribution in [0.5, 0.6) is 0 Å². The second-order valence-electron chi connectivity index (χ2n) is 4.77. The maximum absolute atomic E-state index is 12.9. The number of nitriles is 1. The van der Waals surface area contributed by atoms with Gasteiger partial charge in [-0.15, -0.1) is 0 Å². The van der Waals surface area contributed by atoms with Crippen molar-refractivity contribution in [2.75, 3.05) is 0 Å². The van der Waals surface area contributed by atoms with E-state index in [0.29, 0.717) is 22.6 Å². The molecule has 0 radical (unpaired) electrons. The molecule has 0 saturated carbocycles. The Morgan fingerprint density at radius 1 is 1.23 bits per heavy atom. The highest BCUT2D eigenvalue weighted by molar-refractivity contribution is 5.66. The first-order valence-corrected chi connectivity index (χ1v) is 6.33. The van der Waals surface area contributed by atoms with Gasteiger partial charge in [-0.2, -0.15) is 23.5 Å². The Bertz CT molecular complexity index is 903. The molecule has 3 rings (SSSR count). The van der Waals surface area contributed by atoms with E-state index in [1.807, 2.05) is 6.07 Å². The van der Waals surface area contributed by atoms with E-state index in [-0.39, 0.29) is 5.56 Å². The Labute approximate surface area is 123 Å². The van der Waals surface area contributed by atoms with E-state index < -0.39 is 11.7 Å². The molecule has 0 bridgehead atoms. The number of aryl methyl sites for hydroxylation is 1. The van der Waals surface area contributed by atoms with Gasteiger partial charge in [0.2, 0.25) is 0 Å². The average Bonchev–Trinajstić information content (AvgIpc) is 2.88. The minimum absolute atomic E-state index is 0.275. The number of nitrogens with zero attached hydrogens (tertiary/aromatic N) is 4. The monoisotopic (exact) mass is 302 g/mol. The van der Waals surface area contributed by atoms with Crippen molar-refractivity contribution in [3.05, 3.63) is 53.3 Å². The fraction of sp³-hybridized carbons (Fsp3) is 0.133. The van der Waals surface area contributed by atoms with Crippen LogP contribution in [0.1, 0.15) is 16.8 Å². The maximum atomic E-state index is 12.9. The van der Waals surface area contributed by atoms with Gasteiger partial charge in [-0.1, -0.05) is 12.1 Å². The number of hydrogen-bond acceptors (Lipinski definition) is 3. The van der Waals surface area contributed by atoms with Crippen LogP contribution < -0.4 is 0 Å². The molecule has 4 nitrogen and oxygen atoms in total. The molecule has 0 amide bonds. The van der Waals surface area contributed by atoms with E-state index in [2.05, 4.69) is 10.1 Å². The SMILES string of the molecule is Cc1cc(-c2cccc(C(F)(F)F)c2)n2ncc(C#N)c2n1. The third-order valence-electron chi connectivity index (χ3n) is 3.21. The normalized spacial score (nSPS) is 11.6. The highest BCUT2D eigenvalue weighted by Gasteiger charge is 2.30. The van der Waals surface area contributed by atoms with Gasteiger partial charge in [0.15, 0.2) is 5.65 Å². The highest BCUT2D eigenvalue weighted by atomic mass is 19.4. The first-order valence-electron chi connectivity index (χ1n) is 6.33. The zero-order valence-corrected chi connectivity index (χ0v) is 11.4. The lowest BCUT2D eigenvalue weighted by Crippen LogP contribution is -2.05. The summed E-state index contributed by atoms with van der Waals surface area (Å²) in [5.74, 6) is 0. The van der Waals surface area contributed by atoms with Crippen molar-refractivity contribution in [3.8, 4) is 17.3 Å². The van der Waals surface area contributed by atoms with Crippen molar-refractivity contribution in [3.63, 3.8) is 0 Å². The van der Waals surface area contributed by atoms with Crippen molar-refractivity contribution < 1.29 is 13.2 Å². The van der Waals surface area contributed by atoms with E-state index in [0.717, 1.165) is 12.1 Å². The van der Waals surface area contributed by atoms with Crippen LogP contribution in [0, 0.1) is 18.3 Å². The van der Waals surface area contributed by atoms with Crippen molar-refractivity contribution >= 4 is 5.65 Å². The Morgan fingerprint density at radius 3 is 2.68 bits per heavy atom. The van der Waals surface area contributed by atoms with Gasteiger partial charge in [0.05, 0.1) is 17.5 Å². The van der Waals surface area contributed by atoms with Gasteiger partial charge in [-0.05, 0) is 25.1 Å². The van der Waals surface area contributed by atoms with Gasteiger partial charge in [0.25, 0.3) is 0 Å². The van der Waals surface area contributed by atoms with Crippen molar-refractivity contribution in [1.29, 1.82) is 5.26 Å². The molecule has 1 aromatic carbocycles. The molecule has 110 valence electrons. The molecule has 0 spiro atoms. The number of benzene rings is 1. The molecule has 0 saturated heterocycles. The van der Waals surface area contributed by atoms with Gasteiger partial charge in [-0.25, -0.2) is 9.50 Å². The molecule has 0 fully saturated rings. The van der Waals surface area contributed by atoms with Crippen LogP contribution in [-0.2, 0) is 6.18 Å². The quantitative estimate of drug-likeness (QED) is 0.690. The third-order valence-corrected chi connectivity index (χ3v) is 3.21. The Balaban J connectivity index is 2.27. The summed E-state index contributed by atoms with van der Waals surface area (Å²) in [5.41, 5.74) is 1.28. The molecule has 7 heteroatoms. The van der Waals surface area contributed by atoms with Crippen molar-refractivity contribution in [2.45, 2.75) is 13.1 Å². The van der Waals surface area contributed by atoms with Crippen LogP contribution in [-0.4, -0.2) is 14.6 Å². The van der Waals surface area contributed by atoms with Gasteiger partial charge < -0.3 is 0 Å². The van der Waals surface area contributed by atoms with E-state index in [1.54, 1.807) is 19.1 Å². The lowest BCUT2D eigenvalue weighted by atomic mass is 10.1. The van der Waals surface area contributed by atoms with Crippen molar-refractivity contribution in [2.24, 2.45) is 0 Å². The van der Waals surface area contributed by atoms with Gasteiger partial charge in [0.1, 0.15) is 11.6 Å². The lowest BCUT2D eigenvalue weighted by molar-refractivity contribution is -0.137. The molecule has 0 N–H and O–H groups in total. The van der Waals surface area contributed by atoms with Gasteiger partial charge >= 0.3 is 6.18 Å². The second-order valence-corrected chi connectivity index (χ2v) is 4.77. The number of alkyl halides is 3. The van der Waals surface area contributed by atoms with Crippen LogP contribution >= 0.6 is 0 Å². The first-order chi connectivity index (χ1) is 10.4. The number of halogens is 3. The molecular formula is C15H9F3N4. The van der Waals surface area contributed by atoms with Crippen LogP contribution in [0.3, 0.4) is 0 Å². The molecule has 2 aromatic heterocycles. The standard InChI is InChI=1S/C15H9F3N4/c1-9-5-13(22-14(21-9)11(7-19)8-20-22)10-3-2-4-12(6-10)15(16,17)18/h2-6,8H,1H3. The zero-order valence-electron chi connectivity index (χ0n) is 11.4. The number of hydrogen-bond donors (Lipinski definition) is 0. The summed E-state index contributed by atoms with van der Waals surface area (Å²) in [6.07, 6.45) is -3.07. The summed E-state index contributed by atoms with van der Waals surface area (Å²) in [7, 11) is 0. The molecule has 0 unspecified atom stereocenters. The molecule has 0 aliphatic heterocycles. The Kier molecular flexibility index (Phi) is 3.10. The number of aromatic nitrogens is 3. The molecule has 3 aromatic rings. The summed E-state index contributed by atoms with van der Waals surface area (Å²) in [6, 6.07) is 8.58. The van der Waals surface area contributed by atoms with E-state index >= 15 is 0 Å². The predicted molar refractivity (Wildman–Crippen MR) is 72.9 cm³/mol. The highest BCUT2D eigenvalue weighted by Crippen LogP contribution is 2.32. The first kappa shape index (κ1) is 14.1. The fourth-order valence-corrected chi connectivity index (χ4v) is 2.22. The summed E-state index contributed by atoms with van der Waals surface area (Å²) in [6.45, 7) is 1.71. The second kappa shape index (κ2) is 4.84. The van der Waals surface area contributed by atoms with E-state index in [1.165, 1.54) is 16.8 Å². The van der Waals surface area contributed by atoms with Crippen LogP contribution in [0.15, 0.2) is 36.5 Å². The smallest absolute Gasteiger partial charge is 0.233 e. The minimum Gasteiger partial charge on any atom is -0.233 e. The molecule has 0 aliphatic carbocycles. The Morgan fingerprint density at radius 2 is 2.00 bits per heavy atom. The predicted octanol–water partition coefficient (Wildman–Crippen LogP) is 3.60. The van der Waals surface area contributed by atoms with E-state index in [4.69, 9.17) is 5.26 Å². The van der Waals surface area contributed by atoms with E-state index in [9.17, 15) is 13.2 Å².